The number of aliphatic hydroxyl groups is 1. The predicted octanol–water partition coefficient (Wildman–Crippen LogP) is 3.71. The van der Waals surface area contributed by atoms with Crippen LogP contribution in [0.5, 0.6) is 0 Å². The molecule has 0 saturated carbocycles. The van der Waals surface area contributed by atoms with Crippen molar-refractivity contribution in [2.75, 3.05) is 7.11 Å². The van der Waals surface area contributed by atoms with E-state index in [4.69, 9.17) is 4.74 Å². The number of methoxy groups -OCH3 is 1. The van der Waals surface area contributed by atoms with Gasteiger partial charge < -0.3 is 9.84 Å². The Morgan fingerprint density at radius 3 is 2.21 bits per heavy atom. The number of hydrogen-bond acceptors (Lipinski definition) is 3. The summed E-state index contributed by atoms with van der Waals surface area (Å²) in [6.07, 6.45) is 2.44. The third-order valence-electron chi connectivity index (χ3n) is 3.50. The van der Waals surface area contributed by atoms with Crippen molar-refractivity contribution in [2.45, 2.75) is 65.9 Å². The Hall–Kier alpha value is -0.830. The Balaban J connectivity index is 4.91. The Bertz CT molecular complexity index is 312. The zero-order chi connectivity index (χ0) is 15.3. The molecule has 0 rings (SSSR count). The van der Waals surface area contributed by atoms with Crippen LogP contribution in [0.2, 0.25) is 0 Å². The molecule has 0 aliphatic carbocycles. The molecule has 0 aliphatic rings. The second-order valence-corrected chi connectivity index (χ2v) is 6.80. The van der Waals surface area contributed by atoms with Crippen LogP contribution >= 0.6 is 0 Å². The third-order valence-corrected chi connectivity index (χ3v) is 3.50. The molecule has 3 nitrogen and oxygen atoms in total. The molecule has 0 spiro atoms. The highest BCUT2D eigenvalue weighted by molar-refractivity contribution is 5.71. The van der Waals surface area contributed by atoms with Crippen LogP contribution in [0.1, 0.15) is 60.3 Å². The van der Waals surface area contributed by atoms with Gasteiger partial charge in [0.2, 0.25) is 0 Å². The Kier molecular flexibility index (Phi) is 6.78. The van der Waals surface area contributed by atoms with E-state index in [-0.39, 0.29) is 11.8 Å². The summed E-state index contributed by atoms with van der Waals surface area (Å²) in [5, 5.41) is 10.8. The van der Waals surface area contributed by atoms with Gasteiger partial charge in [-0.2, -0.15) is 0 Å². The van der Waals surface area contributed by atoms with E-state index in [0.29, 0.717) is 17.9 Å². The molecule has 1 atom stereocenters. The summed E-state index contributed by atoms with van der Waals surface area (Å²) in [4.78, 5) is 11.5. The van der Waals surface area contributed by atoms with E-state index in [1.807, 2.05) is 20.8 Å². The maximum atomic E-state index is 11.5. The van der Waals surface area contributed by atoms with Crippen LogP contribution < -0.4 is 0 Å². The first-order chi connectivity index (χ1) is 8.53. The molecule has 0 radical (unpaired) electrons. The lowest BCUT2D eigenvalue weighted by Gasteiger charge is -2.37. The molecule has 0 unspecified atom stereocenters. The first-order valence-corrected chi connectivity index (χ1v) is 7.02. The second-order valence-electron chi connectivity index (χ2n) is 6.80. The summed E-state index contributed by atoms with van der Waals surface area (Å²) in [5.74, 6) is 0.197. The fourth-order valence-electron chi connectivity index (χ4n) is 2.16. The van der Waals surface area contributed by atoms with Crippen LogP contribution in [0.15, 0.2) is 12.2 Å². The van der Waals surface area contributed by atoms with Crippen molar-refractivity contribution in [1.82, 2.24) is 0 Å². The van der Waals surface area contributed by atoms with Gasteiger partial charge in [-0.15, -0.1) is 0 Å². The van der Waals surface area contributed by atoms with Crippen LogP contribution in [-0.4, -0.2) is 23.8 Å². The van der Waals surface area contributed by atoms with Gasteiger partial charge in [0.05, 0.1) is 19.1 Å². The molecule has 1 N–H and O–H groups in total. The first kappa shape index (κ1) is 18.2. The van der Waals surface area contributed by atoms with Crippen molar-refractivity contribution in [3.8, 4) is 0 Å². The molecule has 0 fully saturated rings. The molecule has 0 saturated heterocycles. The van der Waals surface area contributed by atoms with Crippen LogP contribution in [0, 0.1) is 11.3 Å². The number of esters is 1. The zero-order valence-corrected chi connectivity index (χ0v) is 13.4. The van der Waals surface area contributed by atoms with E-state index < -0.39 is 11.6 Å². The van der Waals surface area contributed by atoms with E-state index in [1.54, 1.807) is 0 Å². The SMILES string of the molecule is C=C(C(C)(C)C)[C@@](O)(CCCC(C)C)CC(=O)OC. The number of carbonyl (C=O) groups is 1. The number of hydrogen-bond donors (Lipinski definition) is 1. The third kappa shape index (κ3) is 6.24. The molecule has 0 heterocycles. The fraction of sp³-hybridized carbons (Fsp3) is 0.812. The normalized spacial score (nSPS) is 15.2. The number of carbonyl (C=O) groups excluding carboxylic acids is 1. The van der Waals surface area contributed by atoms with E-state index in [1.165, 1.54) is 7.11 Å². The van der Waals surface area contributed by atoms with Crippen LogP contribution in [0.3, 0.4) is 0 Å². The molecule has 0 aromatic heterocycles. The van der Waals surface area contributed by atoms with Gasteiger partial charge in [0.25, 0.3) is 0 Å². The lowest BCUT2D eigenvalue weighted by Crippen LogP contribution is -2.39. The molecular weight excluding hydrogens is 240 g/mol. The van der Waals surface area contributed by atoms with Gasteiger partial charge in [-0.05, 0) is 29.7 Å². The number of ether oxygens (including phenoxy) is 1. The van der Waals surface area contributed by atoms with Crippen molar-refractivity contribution < 1.29 is 14.6 Å². The average molecular weight is 270 g/mol. The highest BCUT2D eigenvalue weighted by Crippen LogP contribution is 2.38. The van der Waals surface area contributed by atoms with Gasteiger partial charge in [0.1, 0.15) is 0 Å². The molecule has 3 heteroatoms. The lowest BCUT2D eigenvalue weighted by molar-refractivity contribution is -0.145. The van der Waals surface area contributed by atoms with E-state index >= 15 is 0 Å². The monoisotopic (exact) mass is 270 g/mol. The van der Waals surface area contributed by atoms with Gasteiger partial charge >= 0.3 is 5.97 Å². The topological polar surface area (TPSA) is 46.5 Å². The molecular formula is C16H30O3. The summed E-state index contributed by atoms with van der Waals surface area (Å²) in [6.45, 7) is 14.3. The minimum absolute atomic E-state index is 0.0162. The summed E-state index contributed by atoms with van der Waals surface area (Å²) >= 11 is 0. The summed E-state index contributed by atoms with van der Waals surface area (Å²) in [7, 11) is 1.34. The number of rotatable bonds is 7. The minimum Gasteiger partial charge on any atom is -0.469 e. The van der Waals surface area contributed by atoms with Crippen LogP contribution in [0.25, 0.3) is 0 Å². The molecule has 0 amide bonds. The van der Waals surface area contributed by atoms with Gasteiger partial charge in [-0.3, -0.25) is 4.79 Å². The van der Waals surface area contributed by atoms with Gasteiger partial charge in [0.15, 0.2) is 0 Å². The van der Waals surface area contributed by atoms with Crippen molar-refractivity contribution in [1.29, 1.82) is 0 Å². The fourth-order valence-corrected chi connectivity index (χ4v) is 2.16. The lowest BCUT2D eigenvalue weighted by atomic mass is 9.73. The summed E-state index contributed by atoms with van der Waals surface area (Å²) in [5.41, 5.74) is -0.699. The van der Waals surface area contributed by atoms with Crippen molar-refractivity contribution in [2.24, 2.45) is 11.3 Å². The van der Waals surface area contributed by atoms with Gasteiger partial charge in [0, 0.05) is 0 Å². The van der Waals surface area contributed by atoms with Crippen molar-refractivity contribution in [3.05, 3.63) is 12.2 Å². The average Bonchev–Trinajstić information content (AvgIpc) is 2.26. The minimum atomic E-state index is -1.17. The Labute approximate surface area is 118 Å². The maximum absolute atomic E-state index is 11.5. The maximum Gasteiger partial charge on any atom is 0.308 e. The molecule has 0 aromatic carbocycles. The molecule has 0 aliphatic heterocycles. The molecule has 0 bridgehead atoms. The highest BCUT2D eigenvalue weighted by atomic mass is 16.5. The highest BCUT2D eigenvalue weighted by Gasteiger charge is 2.38. The Morgan fingerprint density at radius 1 is 1.32 bits per heavy atom. The van der Waals surface area contributed by atoms with Gasteiger partial charge in [-0.1, -0.05) is 47.6 Å². The largest absolute Gasteiger partial charge is 0.469 e. The zero-order valence-electron chi connectivity index (χ0n) is 13.4. The predicted molar refractivity (Wildman–Crippen MR) is 78.9 cm³/mol. The van der Waals surface area contributed by atoms with E-state index in [2.05, 4.69) is 20.4 Å². The standard InChI is InChI=1S/C16H30O3/c1-12(2)9-8-10-16(18,11-14(17)19-7)13(3)15(4,5)6/h12,18H,3,8-11H2,1-2,4-7H3/t16-/m1/s1. The first-order valence-electron chi connectivity index (χ1n) is 7.02. The van der Waals surface area contributed by atoms with Gasteiger partial charge in [-0.25, -0.2) is 0 Å². The van der Waals surface area contributed by atoms with Crippen LogP contribution in [-0.2, 0) is 9.53 Å². The Morgan fingerprint density at radius 2 is 1.84 bits per heavy atom. The molecule has 0 aromatic rings. The second kappa shape index (κ2) is 7.09. The molecule has 112 valence electrons. The van der Waals surface area contributed by atoms with Crippen molar-refractivity contribution >= 4 is 5.97 Å². The summed E-state index contributed by atoms with van der Waals surface area (Å²) in [6, 6.07) is 0. The smallest absolute Gasteiger partial charge is 0.308 e. The molecule has 19 heavy (non-hydrogen) atoms. The van der Waals surface area contributed by atoms with E-state index in [9.17, 15) is 9.90 Å². The van der Waals surface area contributed by atoms with E-state index in [0.717, 1.165) is 12.8 Å². The summed E-state index contributed by atoms with van der Waals surface area (Å²) < 4.78 is 4.70. The van der Waals surface area contributed by atoms with Crippen LogP contribution in [0.4, 0.5) is 0 Å². The van der Waals surface area contributed by atoms with Crippen molar-refractivity contribution in [3.63, 3.8) is 0 Å². The quantitative estimate of drug-likeness (QED) is 0.566.